The molecule has 1 aromatic heterocycles. The van der Waals surface area contributed by atoms with Crippen LogP contribution in [-0.4, -0.2) is 51.4 Å². The summed E-state index contributed by atoms with van der Waals surface area (Å²) in [6.07, 6.45) is 5.72. The van der Waals surface area contributed by atoms with Gasteiger partial charge in [0.15, 0.2) is 0 Å². The maximum absolute atomic E-state index is 12.8. The molecule has 7 heteroatoms. The third-order valence-electron chi connectivity index (χ3n) is 4.16. The number of aromatic nitrogens is 2. The minimum absolute atomic E-state index is 0.145. The van der Waals surface area contributed by atoms with E-state index in [-0.39, 0.29) is 17.9 Å². The van der Waals surface area contributed by atoms with Crippen molar-refractivity contribution in [3.63, 3.8) is 0 Å². The Hall–Kier alpha value is -2.67. The number of likely N-dealkylation sites (tertiary alicyclic amines) is 1. The number of benzene rings is 1. The highest BCUT2D eigenvalue weighted by molar-refractivity contribution is 5.98. The zero-order chi connectivity index (χ0) is 17.1. The van der Waals surface area contributed by atoms with Crippen molar-refractivity contribution in [2.45, 2.75) is 25.4 Å². The van der Waals surface area contributed by atoms with Crippen LogP contribution >= 0.6 is 0 Å². The van der Waals surface area contributed by atoms with E-state index in [1.807, 2.05) is 29.8 Å². The van der Waals surface area contributed by atoms with Crippen LogP contribution < -0.4 is 11.1 Å². The number of amides is 2. The summed E-state index contributed by atoms with van der Waals surface area (Å²) in [6, 6.07) is 6.55. The van der Waals surface area contributed by atoms with Crippen molar-refractivity contribution in [2.24, 2.45) is 5.73 Å². The van der Waals surface area contributed by atoms with E-state index in [1.54, 1.807) is 29.6 Å². The minimum atomic E-state index is -0.499. The number of imidazole rings is 1. The van der Waals surface area contributed by atoms with Gasteiger partial charge in [-0.1, -0.05) is 0 Å². The Balaban J connectivity index is 1.78. The molecule has 3 N–H and O–H groups in total. The van der Waals surface area contributed by atoms with Crippen LogP contribution in [0, 0.1) is 0 Å². The van der Waals surface area contributed by atoms with Crippen molar-refractivity contribution in [1.29, 1.82) is 0 Å². The summed E-state index contributed by atoms with van der Waals surface area (Å²) in [5.74, 6) is -0.315. The van der Waals surface area contributed by atoms with Gasteiger partial charge in [-0.05, 0) is 37.6 Å². The standard InChI is InChI=1S/C17H21N5O2/c1-2-20-16(23)15-9-13(18)10-22(15)17(24)12-3-5-14(6-4-12)21-8-7-19-11-21/h3-8,11,13,15H,2,9-10,18H2,1H3,(H,20,23)/t13-,15+/m1/s1. The molecule has 2 aromatic rings. The highest BCUT2D eigenvalue weighted by atomic mass is 16.2. The van der Waals surface area contributed by atoms with Crippen LogP contribution in [0.25, 0.3) is 5.69 Å². The van der Waals surface area contributed by atoms with Crippen LogP contribution in [0.3, 0.4) is 0 Å². The zero-order valence-electron chi connectivity index (χ0n) is 13.6. The molecule has 2 amide bonds. The Morgan fingerprint density at radius 2 is 2.08 bits per heavy atom. The summed E-state index contributed by atoms with van der Waals surface area (Å²) in [5, 5.41) is 2.77. The molecular formula is C17H21N5O2. The maximum atomic E-state index is 12.8. The molecule has 0 aliphatic carbocycles. The zero-order valence-corrected chi connectivity index (χ0v) is 13.6. The van der Waals surface area contributed by atoms with Crippen LogP contribution in [0.1, 0.15) is 23.7 Å². The SMILES string of the molecule is CCNC(=O)[C@@H]1C[C@@H](N)CN1C(=O)c1ccc(-n2ccnc2)cc1. The van der Waals surface area contributed by atoms with Crippen LogP contribution in [-0.2, 0) is 4.79 Å². The Kier molecular flexibility index (Phi) is 4.61. The Morgan fingerprint density at radius 3 is 2.71 bits per heavy atom. The third-order valence-corrected chi connectivity index (χ3v) is 4.16. The fraction of sp³-hybridized carbons (Fsp3) is 0.353. The van der Waals surface area contributed by atoms with Gasteiger partial charge >= 0.3 is 0 Å². The molecule has 1 aromatic carbocycles. The Labute approximate surface area is 140 Å². The second-order valence-corrected chi connectivity index (χ2v) is 5.88. The number of nitrogens with zero attached hydrogens (tertiary/aromatic N) is 3. The minimum Gasteiger partial charge on any atom is -0.355 e. The summed E-state index contributed by atoms with van der Waals surface area (Å²) in [5.41, 5.74) is 7.43. The van der Waals surface area contributed by atoms with Crippen LogP contribution in [0.2, 0.25) is 0 Å². The first-order valence-electron chi connectivity index (χ1n) is 8.02. The number of nitrogens with two attached hydrogens (primary N) is 1. The number of likely N-dealkylation sites (N-methyl/N-ethyl adjacent to an activating group) is 1. The molecule has 2 heterocycles. The van der Waals surface area contributed by atoms with E-state index in [9.17, 15) is 9.59 Å². The number of carbonyl (C=O) groups is 2. The van der Waals surface area contributed by atoms with Crippen molar-refractivity contribution >= 4 is 11.8 Å². The molecule has 3 rings (SSSR count). The fourth-order valence-corrected chi connectivity index (χ4v) is 2.99. The Bertz CT molecular complexity index is 711. The lowest BCUT2D eigenvalue weighted by Gasteiger charge is -2.23. The summed E-state index contributed by atoms with van der Waals surface area (Å²) in [7, 11) is 0. The van der Waals surface area contributed by atoms with Gasteiger partial charge in [0, 0.05) is 42.8 Å². The van der Waals surface area contributed by atoms with Gasteiger partial charge in [0.1, 0.15) is 6.04 Å². The normalized spacial score (nSPS) is 20.2. The highest BCUT2D eigenvalue weighted by Crippen LogP contribution is 2.20. The van der Waals surface area contributed by atoms with Gasteiger partial charge in [0.2, 0.25) is 5.91 Å². The summed E-state index contributed by atoms with van der Waals surface area (Å²) >= 11 is 0. The van der Waals surface area contributed by atoms with Gasteiger partial charge < -0.3 is 20.5 Å². The molecule has 24 heavy (non-hydrogen) atoms. The van der Waals surface area contributed by atoms with E-state index in [0.717, 1.165) is 5.69 Å². The van der Waals surface area contributed by atoms with Gasteiger partial charge in [-0.2, -0.15) is 0 Å². The van der Waals surface area contributed by atoms with Gasteiger partial charge in [-0.15, -0.1) is 0 Å². The number of hydrogen-bond acceptors (Lipinski definition) is 4. The van der Waals surface area contributed by atoms with Gasteiger partial charge in [0.05, 0.1) is 6.33 Å². The largest absolute Gasteiger partial charge is 0.355 e. The molecule has 1 saturated heterocycles. The van der Waals surface area contributed by atoms with E-state index in [4.69, 9.17) is 5.73 Å². The molecule has 1 fully saturated rings. The number of hydrogen-bond donors (Lipinski definition) is 2. The molecule has 126 valence electrons. The first-order valence-corrected chi connectivity index (χ1v) is 8.02. The molecule has 7 nitrogen and oxygen atoms in total. The summed E-state index contributed by atoms with van der Waals surface area (Å²) in [4.78, 5) is 30.5. The van der Waals surface area contributed by atoms with E-state index < -0.39 is 6.04 Å². The van der Waals surface area contributed by atoms with E-state index in [0.29, 0.717) is 25.1 Å². The van der Waals surface area contributed by atoms with Crippen molar-refractivity contribution in [2.75, 3.05) is 13.1 Å². The van der Waals surface area contributed by atoms with Gasteiger partial charge in [-0.25, -0.2) is 4.98 Å². The molecule has 2 atom stereocenters. The molecule has 0 spiro atoms. The molecule has 1 aliphatic heterocycles. The van der Waals surface area contributed by atoms with Crippen LogP contribution in [0.15, 0.2) is 43.0 Å². The predicted octanol–water partition coefficient (Wildman–Crippen LogP) is 0.550. The molecule has 0 saturated carbocycles. The lowest BCUT2D eigenvalue weighted by molar-refractivity contribution is -0.124. The molecule has 0 radical (unpaired) electrons. The van der Waals surface area contributed by atoms with Crippen molar-refractivity contribution in [3.05, 3.63) is 48.5 Å². The fourth-order valence-electron chi connectivity index (χ4n) is 2.99. The molecular weight excluding hydrogens is 306 g/mol. The summed E-state index contributed by atoms with van der Waals surface area (Å²) < 4.78 is 1.86. The first kappa shape index (κ1) is 16.2. The monoisotopic (exact) mass is 327 g/mol. The molecule has 0 unspecified atom stereocenters. The quantitative estimate of drug-likeness (QED) is 0.857. The molecule has 0 bridgehead atoms. The second-order valence-electron chi connectivity index (χ2n) is 5.88. The predicted molar refractivity (Wildman–Crippen MR) is 89.7 cm³/mol. The lowest BCUT2D eigenvalue weighted by atomic mass is 10.1. The maximum Gasteiger partial charge on any atom is 0.254 e. The topological polar surface area (TPSA) is 93.3 Å². The smallest absolute Gasteiger partial charge is 0.254 e. The van der Waals surface area contributed by atoms with E-state index in [2.05, 4.69) is 10.3 Å². The average Bonchev–Trinajstić information content (AvgIpc) is 3.24. The van der Waals surface area contributed by atoms with E-state index in [1.165, 1.54) is 0 Å². The van der Waals surface area contributed by atoms with Crippen molar-refractivity contribution in [1.82, 2.24) is 19.8 Å². The van der Waals surface area contributed by atoms with Crippen LogP contribution in [0.5, 0.6) is 0 Å². The van der Waals surface area contributed by atoms with Gasteiger partial charge in [0.25, 0.3) is 5.91 Å². The number of nitrogens with one attached hydrogen (secondary N) is 1. The van der Waals surface area contributed by atoms with Crippen molar-refractivity contribution < 1.29 is 9.59 Å². The van der Waals surface area contributed by atoms with Crippen molar-refractivity contribution in [3.8, 4) is 5.69 Å². The number of carbonyl (C=O) groups excluding carboxylic acids is 2. The molecule has 1 aliphatic rings. The average molecular weight is 327 g/mol. The van der Waals surface area contributed by atoms with E-state index >= 15 is 0 Å². The highest BCUT2D eigenvalue weighted by Gasteiger charge is 2.38. The Morgan fingerprint density at radius 1 is 1.33 bits per heavy atom. The van der Waals surface area contributed by atoms with Crippen LogP contribution in [0.4, 0.5) is 0 Å². The van der Waals surface area contributed by atoms with Gasteiger partial charge in [-0.3, -0.25) is 9.59 Å². The second kappa shape index (κ2) is 6.84. The number of rotatable bonds is 4. The summed E-state index contributed by atoms with van der Waals surface area (Å²) in [6.45, 7) is 2.78. The lowest BCUT2D eigenvalue weighted by Crippen LogP contribution is -2.45. The third kappa shape index (κ3) is 3.16. The first-order chi connectivity index (χ1) is 11.6.